The number of benzene rings is 1. The van der Waals surface area contributed by atoms with Crippen molar-refractivity contribution in [3.05, 3.63) is 58.5 Å². The molecule has 0 radical (unpaired) electrons. The summed E-state index contributed by atoms with van der Waals surface area (Å²) in [6, 6.07) is 2.75. The fraction of sp³-hybridized carbons (Fsp3) is 0.200. The maximum absolute atomic E-state index is 13.8. The molecule has 2 aromatic rings. The van der Waals surface area contributed by atoms with E-state index in [4.69, 9.17) is 5.11 Å². The zero-order valence-corrected chi connectivity index (χ0v) is 12.4. The Labute approximate surface area is 137 Å². The molecule has 1 aliphatic heterocycles. The van der Waals surface area contributed by atoms with Gasteiger partial charge in [0.05, 0.1) is 18.8 Å². The van der Waals surface area contributed by atoms with Crippen LogP contribution < -0.4 is 0 Å². The third-order valence-corrected chi connectivity index (χ3v) is 3.70. The maximum atomic E-state index is 13.8. The predicted octanol–water partition coefficient (Wildman–Crippen LogP) is 3.21. The van der Waals surface area contributed by atoms with E-state index in [0.29, 0.717) is 6.07 Å². The standard InChI is InChI=1S/C15H10F5N3O2/c16-9-2-1-8(11(17)5-9)6-23-12-7-22(15(18,19)20)4-3-10(12)13(21-23)14(24)25/h1-5H,6-7H2,(H,24,25). The summed E-state index contributed by atoms with van der Waals surface area (Å²) in [6.45, 7) is -1.00. The van der Waals surface area contributed by atoms with Crippen LogP contribution in [0.3, 0.4) is 0 Å². The summed E-state index contributed by atoms with van der Waals surface area (Å²) in [5.41, 5.74) is -0.469. The molecule has 1 aromatic heterocycles. The smallest absolute Gasteiger partial charge is 0.476 e. The average molecular weight is 359 g/mol. The number of carboxylic acids is 1. The number of aromatic carboxylic acids is 1. The van der Waals surface area contributed by atoms with Crippen molar-refractivity contribution in [1.29, 1.82) is 0 Å². The van der Waals surface area contributed by atoms with Gasteiger partial charge in [0.15, 0.2) is 5.69 Å². The van der Waals surface area contributed by atoms with Crippen LogP contribution in [0.4, 0.5) is 22.0 Å². The van der Waals surface area contributed by atoms with Gasteiger partial charge in [-0.3, -0.25) is 9.58 Å². The Balaban J connectivity index is 2.03. The minimum atomic E-state index is -4.66. The van der Waals surface area contributed by atoms with Crippen LogP contribution in [0.25, 0.3) is 6.08 Å². The van der Waals surface area contributed by atoms with Gasteiger partial charge in [-0.25, -0.2) is 13.6 Å². The number of carbonyl (C=O) groups is 1. The molecule has 1 N–H and O–H groups in total. The summed E-state index contributed by atoms with van der Waals surface area (Å²) in [6.07, 6.45) is -2.94. The van der Waals surface area contributed by atoms with E-state index in [9.17, 15) is 26.7 Å². The van der Waals surface area contributed by atoms with Gasteiger partial charge in [0.2, 0.25) is 0 Å². The van der Waals surface area contributed by atoms with Gasteiger partial charge in [-0.1, -0.05) is 6.07 Å². The molecule has 0 spiro atoms. The highest BCUT2D eigenvalue weighted by atomic mass is 19.4. The van der Waals surface area contributed by atoms with Gasteiger partial charge in [-0.05, 0) is 12.1 Å². The fourth-order valence-electron chi connectivity index (χ4n) is 2.51. The molecule has 0 unspecified atom stereocenters. The predicted molar refractivity (Wildman–Crippen MR) is 75.3 cm³/mol. The van der Waals surface area contributed by atoms with Crippen LogP contribution in [0.5, 0.6) is 0 Å². The van der Waals surface area contributed by atoms with Crippen LogP contribution in [-0.2, 0) is 13.1 Å². The van der Waals surface area contributed by atoms with Gasteiger partial charge in [-0.2, -0.15) is 18.3 Å². The zero-order valence-electron chi connectivity index (χ0n) is 12.4. The molecule has 1 aromatic carbocycles. The van der Waals surface area contributed by atoms with Gasteiger partial charge in [0.1, 0.15) is 11.6 Å². The Morgan fingerprint density at radius 1 is 1.28 bits per heavy atom. The third-order valence-electron chi connectivity index (χ3n) is 3.70. The van der Waals surface area contributed by atoms with E-state index < -0.39 is 36.1 Å². The first kappa shape index (κ1) is 16.9. The molecule has 5 nitrogen and oxygen atoms in total. The van der Waals surface area contributed by atoms with E-state index >= 15 is 0 Å². The minimum Gasteiger partial charge on any atom is -0.476 e. The van der Waals surface area contributed by atoms with Crippen LogP contribution in [0.2, 0.25) is 0 Å². The highest BCUT2D eigenvalue weighted by molar-refractivity contribution is 5.90. The number of halogens is 5. The molecule has 1 aliphatic rings. The second-order valence-electron chi connectivity index (χ2n) is 5.32. The van der Waals surface area contributed by atoms with E-state index in [1.165, 1.54) is 0 Å². The number of rotatable bonds is 3. The van der Waals surface area contributed by atoms with E-state index in [2.05, 4.69) is 5.10 Å². The lowest BCUT2D eigenvalue weighted by molar-refractivity contribution is -0.231. The summed E-state index contributed by atoms with van der Waals surface area (Å²) >= 11 is 0. The molecule has 25 heavy (non-hydrogen) atoms. The van der Waals surface area contributed by atoms with E-state index in [-0.39, 0.29) is 28.3 Å². The molecule has 0 atom stereocenters. The summed E-state index contributed by atoms with van der Waals surface area (Å²) in [7, 11) is 0. The lowest BCUT2D eigenvalue weighted by Gasteiger charge is -2.26. The topological polar surface area (TPSA) is 58.4 Å². The molecule has 132 valence electrons. The second kappa shape index (κ2) is 5.87. The number of carboxylic acid groups (broad SMARTS) is 1. The first-order valence-electron chi connectivity index (χ1n) is 6.95. The van der Waals surface area contributed by atoms with E-state index in [1.54, 1.807) is 0 Å². The highest BCUT2D eigenvalue weighted by Gasteiger charge is 2.38. The van der Waals surface area contributed by atoms with Gasteiger partial charge in [0, 0.05) is 23.4 Å². The maximum Gasteiger partial charge on any atom is 0.484 e. The quantitative estimate of drug-likeness (QED) is 0.675. The average Bonchev–Trinajstić information content (AvgIpc) is 2.87. The molecule has 3 rings (SSSR count). The molecule has 2 heterocycles. The minimum absolute atomic E-state index is 0.0236. The summed E-state index contributed by atoms with van der Waals surface area (Å²) in [5.74, 6) is -3.12. The van der Waals surface area contributed by atoms with Crippen molar-refractivity contribution in [2.45, 2.75) is 19.4 Å². The number of aromatic nitrogens is 2. The normalized spacial score (nSPS) is 13.9. The Morgan fingerprint density at radius 2 is 2.00 bits per heavy atom. The second-order valence-corrected chi connectivity index (χ2v) is 5.32. The zero-order chi connectivity index (χ0) is 18.4. The molecule has 0 saturated heterocycles. The van der Waals surface area contributed by atoms with Crippen LogP contribution in [-0.4, -0.2) is 32.1 Å². The van der Waals surface area contributed by atoms with Gasteiger partial charge >= 0.3 is 12.3 Å². The molecule has 0 fully saturated rings. The van der Waals surface area contributed by atoms with Crippen molar-refractivity contribution in [3.63, 3.8) is 0 Å². The van der Waals surface area contributed by atoms with E-state index in [0.717, 1.165) is 29.1 Å². The van der Waals surface area contributed by atoms with Crippen molar-refractivity contribution in [2.24, 2.45) is 0 Å². The molecule has 0 aliphatic carbocycles. The van der Waals surface area contributed by atoms with Crippen molar-refractivity contribution in [1.82, 2.24) is 14.7 Å². The molecule has 0 amide bonds. The number of hydrogen-bond donors (Lipinski definition) is 1. The van der Waals surface area contributed by atoms with Crippen molar-refractivity contribution in [2.75, 3.05) is 0 Å². The van der Waals surface area contributed by atoms with E-state index in [1.807, 2.05) is 0 Å². The number of nitrogens with zero attached hydrogens (tertiary/aromatic N) is 3. The number of fused-ring (bicyclic) bond motifs is 1. The Kier molecular flexibility index (Phi) is 3.97. The van der Waals surface area contributed by atoms with Crippen LogP contribution >= 0.6 is 0 Å². The van der Waals surface area contributed by atoms with Gasteiger partial charge < -0.3 is 5.11 Å². The molecule has 10 heteroatoms. The van der Waals surface area contributed by atoms with Gasteiger partial charge in [0.25, 0.3) is 0 Å². The van der Waals surface area contributed by atoms with Gasteiger partial charge in [-0.15, -0.1) is 0 Å². The van der Waals surface area contributed by atoms with Crippen molar-refractivity contribution < 1.29 is 31.9 Å². The lowest BCUT2D eigenvalue weighted by atomic mass is 10.1. The Hall–Kier alpha value is -2.91. The third kappa shape index (κ3) is 3.19. The first-order valence-corrected chi connectivity index (χ1v) is 6.95. The van der Waals surface area contributed by atoms with Crippen LogP contribution in [0, 0.1) is 11.6 Å². The fourth-order valence-corrected chi connectivity index (χ4v) is 2.51. The highest BCUT2D eigenvalue weighted by Crippen LogP contribution is 2.31. The first-order chi connectivity index (χ1) is 11.7. The SMILES string of the molecule is O=C(O)c1nn(Cc2ccc(F)cc2F)c2c1C=CN(C(F)(F)F)C2. The Bertz CT molecular complexity index is 873. The number of hydrogen-bond acceptors (Lipinski definition) is 3. The summed E-state index contributed by atoms with van der Waals surface area (Å²) < 4.78 is 66.4. The monoisotopic (exact) mass is 359 g/mol. The van der Waals surface area contributed by atoms with Crippen LogP contribution in [0.1, 0.15) is 27.3 Å². The molecular weight excluding hydrogens is 349 g/mol. The molecule has 0 bridgehead atoms. The Morgan fingerprint density at radius 3 is 2.60 bits per heavy atom. The summed E-state index contributed by atoms with van der Waals surface area (Å²) in [4.78, 5) is 11.3. The molecular formula is C15H10F5N3O2. The molecule has 0 saturated carbocycles. The van der Waals surface area contributed by atoms with Crippen molar-refractivity contribution >= 4 is 12.0 Å². The number of alkyl halides is 3. The van der Waals surface area contributed by atoms with Crippen LogP contribution in [0.15, 0.2) is 24.4 Å². The summed E-state index contributed by atoms with van der Waals surface area (Å²) in [5, 5.41) is 12.9. The largest absolute Gasteiger partial charge is 0.484 e. The lowest BCUT2D eigenvalue weighted by Crippen LogP contribution is -2.35. The van der Waals surface area contributed by atoms with Crippen molar-refractivity contribution in [3.8, 4) is 0 Å².